The number of hydrogen-bond acceptors (Lipinski definition) is 6. The van der Waals surface area contributed by atoms with E-state index in [0.717, 1.165) is 9.37 Å². The summed E-state index contributed by atoms with van der Waals surface area (Å²) in [5.41, 5.74) is 2.30. The number of carbonyl (C=O) groups excluding carboxylic acids is 3. The van der Waals surface area contributed by atoms with Gasteiger partial charge in [0.25, 0.3) is 11.8 Å². The molecular formula is C32H28BrN3O5S. The van der Waals surface area contributed by atoms with Gasteiger partial charge in [-0.2, -0.15) is 0 Å². The Bertz CT molecular complexity index is 1590. The Morgan fingerprint density at radius 2 is 1.50 bits per heavy atom. The number of benzene rings is 4. The molecule has 214 valence electrons. The van der Waals surface area contributed by atoms with Gasteiger partial charge in [0.2, 0.25) is 5.91 Å². The van der Waals surface area contributed by atoms with Crippen molar-refractivity contribution < 1.29 is 23.9 Å². The third-order valence-corrected chi connectivity index (χ3v) is 7.58. The van der Waals surface area contributed by atoms with Crippen molar-refractivity contribution in [3.05, 3.63) is 118 Å². The molecule has 0 bridgehead atoms. The lowest BCUT2D eigenvalue weighted by Crippen LogP contribution is -2.30. The molecule has 0 saturated carbocycles. The molecule has 0 aromatic heterocycles. The number of methoxy groups -OCH3 is 2. The van der Waals surface area contributed by atoms with Crippen molar-refractivity contribution in [3.63, 3.8) is 0 Å². The second-order valence-electron chi connectivity index (χ2n) is 8.79. The number of nitrogens with one attached hydrogen (secondary N) is 3. The first-order valence-electron chi connectivity index (χ1n) is 12.7. The van der Waals surface area contributed by atoms with Crippen LogP contribution in [0, 0.1) is 0 Å². The molecule has 0 aliphatic rings. The van der Waals surface area contributed by atoms with Crippen LogP contribution in [-0.2, 0) is 9.59 Å². The summed E-state index contributed by atoms with van der Waals surface area (Å²) in [4.78, 5) is 39.5. The van der Waals surface area contributed by atoms with Crippen molar-refractivity contribution >= 4 is 62.9 Å². The highest BCUT2D eigenvalue weighted by molar-refractivity contribution is 9.10. The molecule has 4 rings (SSSR count). The first-order chi connectivity index (χ1) is 20.4. The lowest BCUT2D eigenvalue weighted by Gasteiger charge is -2.13. The Morgan fingerprint density at radius 3 is 2.19 bits per heavy atom. The molecule has 0 unspecified atom stereocenters. The summed E-state index contributed by atoms with van der Waals surface area (Å²) in [6.45, 7) is 0. The highest BCUT2D eigenvalue weighted by Crippen LogP contribution is 2.29. The number of rotatable bonds is 11. The average molecular weight is 647 g/mol. The molecule has 0 fully saturated rings. The molecule has 0 spiro atoms. The van der Waals surface area contributed by atoms with Gasteiger partial charge in [-0.15, -0.1) is 11.8 Å². The Kier molecular flexibility index (Phi) is 10.8. The largest absolute Gasteiger partial charge is 0.493 e. The van der Waals surface area contributed by atoms with E-state index in [4.69, 9.17) is 9.47 Å². The van der Waals surface area contributed by atoms with Crippen LogP contribution in [0.1, 0.15) is 15.9 Å². The second-order valence-corrected chi connectivity index (χ2v) is 10.7. The van der Waals surface area contributed by atoms with E-state index in [1.807, 2.05) is 36.4 Å². The molecule has 4 aromatic carbocycles. The molecule has 8 nitrogen and oxygen atoms in total. The van der Waals surface area contributed by atoms with Gasteiger partial charge in [0.1, 0.15) is 5.70 Å². The summed E-state index contributed by atoms with van der Waals surface area (Å²) in [6.07, 6.45) is 1.56. The number of thioether (sulfide) groups is 1. The van der Waals surface area contributed by atoms with E-state index in [-0.39, 0.29) is 17.4 Å². The predicted octanol–water partition coefficient (Wildman–Crippen LogP) is 6.61. The van der Waals surface area contributed by atoms with Gasteiger partial charge in [0.15, 0.2) is 11.5 Å². The Hall–Kier alpha value is -4.54. The maximum absolute atomic E-state index is 13.4. The van der Waals surface area contributed by atoms with Gasteiger partial charge in [-0.3, -0.25) is 14.4 Å². The number of anilines is 2. The smallest absolute Gasteiger partial charge is 0.272 e. The zero-order valence-electron chi connectivity index (χ0n) is 22.8. The lowest BCUT2D eigenvalue weighted by molar-refractivity contribution is -0.114. The SMILES string of the molecule is COc1ccc(/C=C(\NC(=O)c2ccccc2)C(=O)Nc2ccc(SCC(=O)Nc3ccccc3Br)cc2)cc1OC. The zero-order valence-corrected chi connectivity index (χ0v) is 25.3. The van der Waals surface area contributed by atoms with Crippen LogP contribution in [0.15, 0.2) is 112 Å². The van der Waals surface area contributed by atoms with Gasteiger partial charge in [-0.25, -0.2) is 0 Å². The van der Waals surface area contributed by atoms with E-state index >= 15 is 0 Å². The molecule has 0 heterocycles. The standard InChI is InChI=1S/C32H28BrN3O5S/c1-40-28-17-12-21(19-29(28)41-2)18-27(36-31(38)22-8-4-3-5-9-22)32(39)34-23-13-15-24(16-14-23)42-20-30(37)35-26-11-7-6-10-25(26)33/h3-19H,20H2,1-2H3,(H,34,39)(H,35,37)(H,36,38)/b27-18-. The average Bonchev–Trinajstić information content (AvgIpc) is 3.01. The third kappa shape index (κ3) is 8.48. The molecule has 0 aliphatic heterocycles. The van der Waals surface area contributed by atoms with E-state index in [1.165, 1.54) is 26.0 Å². The van der Waals surface area contributed by atoms with Crippen LogP contribution in [0.25, 0.3) is 6.08 Å². The number of carbonyl (C=O) groups is 3. The zero-order chi connectivity index (χ0) is 29.9. The number of amides is 3. The maximum atomic E-state index is 13.4. The van der Waals surface area contributed by atoms with E-state index in [0.29, 0.717) is 34.0 Å². The summed E-state index contributed by atoms with van der Waals surface area (Å²) < 4.78 is 11.5. The van der Waals surface area contributed by atoms with Crippen LogP contribution in [0.5, 0.6) is 11.5 Å². The van der Waals surface area contributed by atoms with Crippen LogP contribution >= 0.6 is 27.7 Å². The first kappa shape index (κ1) is 30.4. The second kappa shape index (κ2) is 14.9. The lowest BCUT2D eigenvalue weighted by atomic mass is 10.1. The van der Waals surface area contributed by atoms with Crippen molar-refractivity contribution in [1.29, 1.82) is 0 Å². The molecule has 4 aromatic rings. The molecule has 0 radical (unpaired) electrons. The Labute approximate surface area is 256 Å². The van der Waals surface area contributed by atoms with Gasteiger partial charge in [-0.1, -0.05) is 36.4 Å². The molecule has 3 amide bonds. The van der Waals surface area contributed by atoms with Crippen molar-refractivity contribution in [2.45, 2.75) is 4.90 Å². The van der Waals surface area contributed by atoms with Crippen LogP contribution in [0.3, 0.4) is 0 Å². The normalized spacial score (nSPS) is 10.9. The fraction of sp³-hybridized carbons (Fsp3) is 0.0938. The van der Waals surface area contributed by atoms with Gasteiger partial charge < -0.3 is 25.4 Å². The maximum Gasteiger partial charge on any atom is 0.272 e. The fourth-order valence-corrected chi connectivity index (χ4v) is 4.86. The summed E-state index contributed by atoms with van der Waals surface area (Å²) in [5.74, 6) is 0.170. The van der Waals surface area contributed by atoms with Gasteiger partial charge in [-0.05, 0) is 88.2 Å². The molecular weight excluding hydrogens is 618 g/mol. The van der Waals surface area contributed by atoms with E-state index in [1.54, 1.807) is 66.7 Å². The molecule has 3 N–H and O–H groups in total. The minimum absolute atomic E-state index is 0.0401. The van der Waals surface area contributed by atoms with Crippen molar-refractivity contribution in [1.82, 2.24) is 5.32 Å². The molecule has 0 saturated heterocycles. The minimum Gasteiger partial charge on any atom is -0.493 e. The third-order valence-electron chi connectivity index (χ3n) is 5.88. The van der Waals surface area contributed by atoms with Gasteiger partial charge >= 0.3 is 0 Å². The monoisotopic (exact) mass is 645 g/mol. The van der Waals surface area contributed by atoms with E-state index in [2.05, 4.69) is 31.9 Å². The topological polar surface area (TPSA) is 106 Å². The van der Waals surface area contributed by atoms with Crippen molar-refractivity contribution in [2.75, 3.05) is 30.6 Å². The fourth-order valence-electron chi connectivity index (χ4n) is 3.78. The van der Waals surface area contributed by atoms with Gasteiger partial charge in [0, 0.05) is 20.6 Å². The molecule has 0 atom stereocenters. The van der Waals surface area contributed by atoms with E-state index < -0.39 is 11.8 Å². The minimum atomic E-state index is -0.512. The number of para-hydroxylation sites is 1. The van der Waals surface area contributed by atoms with Crippen molar-refractivity contribution in [2.24, 2.45) is 0 Å². The summed E-state index contributed by atoms with van der Waals surface area (Å²) >= 11 is 4.79. The van der Waals surface area contributed by atoms with Crippen LogP contribution < -0.4 is 25.4 Å². The Morgan fingerprint density at radius 1 is 0.810 bits per heavy atom. The summed E-state index contributed by atoms with van der Waals surface area (Å²) in [7, 11) is 3.06. The van der Waals surface area contributed by atoms with Crippen LogP contribution in [0.4, 0.5) is 11.4 Å². The highest BCUT2D eigenvalue weighted by Gasteiger charge is 2.16. The van der Waals surface area contributed by atoms with Crippen LogP contribution in [0.2, 0.25) is 0 Å². The van der Waals surface area contributed by atoms with Crippen LogP contribution in [-0.4, -0.2) is 37.7 Å². The number of halogens is 1. The molecule has 0 aliphatic carbocycles. The highest BCUT2D eigenvalue weighted by atomic mass is 79.9. The Balaban J connectivity index is 1.45. The summed E-state index contributed by atoms with van der Waals surface area (Å²) in [6, 6.07) is 28.3. The molecule has 10 heteroatoms. The predicted molar refractivity (Wildman–Crippen MR) is 170 cm³/mol. The summed E-state index contributed by atoms with van der Waals surface area (Å²) in [5, 5.41) is 8.42. The van der Waals surface area contributed by atoms with Gasteiger partial charge in [0.05, 0.1) is 25.7 Å². The van der Waals surface area contributed by atoms with E-state index in [9.17, 15) is 14.4 Å². The molecule has 42 heavy (non-hydrogen) atoms. The first-order valence-corrected chi connectivity index (χ1v) is 14.5. The number of ether oxygens (including phenoxy) is 2. The van der Waals surface area contributed by atoms with Crippen molar-refractivity contribution in [3.8, 4) is 11.5 Å². The number of hydrogen-bond donors (Lipinski definition) is 3. The quantitative estimate of drug-likeness (QED) is 0.125.